The minimum absolute atomic E-state index is 0.0407. The highest BCUT2D eigenvalue weighted by Crippen LogP contribution is 2.29. The van der Waals surface area contributed by atoms with Gasteiger partial charge in [-0.25, -0.2) is 4.98 Å². The van der Waals surface area contributed by atoms with E-state index in [2.05, 4.69) is 15.6 Å². The fourth-order valence-electron chi connectivity index (χ4n) is 1.97. The summed E-state index contributed by atoms with van der Waals surface area (Å²) in [4.78, 5) is 28.7. The molecule has 122 valence electrons. The number of amides is 2. The number of benzene rings is 1. The van der Waals surface area contributed by atoms with Crippen LogP contribution in [0.4, 0.5) is 0 Å². The molecular formula is C16H18ClN3O2S. The second kappa shape index (κ2) is 7.57. The third-order valence-electron chi connectivity index (χ3n) is 2.93. The van der Waals surface area contributed by atoms with Crippen molar-refractivity contribution in [1.29, 1.82) is 0 Å². The molecule has 2 amide bonds. The van der Waals surface area contributed by atoms with Gasteiger partial charge >= 0.3 is 0 Å². The molecule has 1 aromatic heterocycles. The van der Waals surface area contributed by atoms with Crippen LogP contribution in [0.5, 0.6) is 0 Å². The zero-order valence-corrected chi connectivity index (χ0v) is 14.7. The minimum Gasteiger partial charge on any atom is -0.352 e. The summed E-state index contributed by atoms with van der Waals surface area (Å²) in [7, 11) is 0. The third kappa shape index (κ3) is 4.77. The Bertz CT molecular complexity index is 728. The molecule has 5 nitrogen and oxygen atoms in total. The highest BCUT2D eigenvalue weighted by Gasteiger charge is 2.17. The van der Waals surface area contributed by atoms with Crippen molar-refractivity contribution in [3.05, 3.63) is 39.9 Å². The van der Waals surface area contributed by atoms with E-state index in [4.69, 9.17) is 11.6 Å². The largest absolute Gasteiger partial charge is 0.352 e. The fraction of sp³-hybridized carbons (Fsp3) is 0.312. The molecule has 0 saturated carbocycles. The van der Waals surface area contributed by atoms with Gasteiger partial charge in [-0.3, -0.25) is 9.59 Å². The van der Waals surface area contributed by atoms with Crippen molar-refractivity contribution in [2.75, 3.05) is 6.54 Å². The average Bonchev–Trinajstić information content (AvgIpc) is 2.86. The van der Waals surface area contributed by atoms with Gasteiger partial charge in [0.05, 0.1) is 12.2 Å². The van der Waals surface area contributed by atoms with Crippen molar-refractivity contribution in [3.8, 4) is 10.6 Å². The minimum atomic E-state index is -0.299. The molecule has 2 rings (SSSR count). The monoisotopic (exact) mass is 351 g/mol. The molecule has 0 aliphatic carbocycles. The zero-order chi connectivity index (χ0) is 17.0. The summed E-state index contributed by atoms with van der Waals surface area (Å²) in [6, 6.07) is 7.36. The number of carbonyl (C=O) groups excluding carboxylic acids is 2. The molecule has 0 aliphatic heterocycles. The van der Waals surface area contributed by atoms with Gasteiger partial charge in [0.15, 0.2) is 0 Å². The van der Waals surface area contributed by atoms with Gasteiger partial charge in [0.1, 0.15) is 9.88 Å². The highest BCUT2D eigenvalue weighted by molar-refractivity contribution is 7.17. The lowest BCUT2D eigenvalue weighted by Gasteiger charge is -2.08. The first kappa shape index (κ1) is 17.4. The van der Waals surface area contributed by atoms with Gasteiger partial charge in [0.25, 0.3) is 5.91 Å². The first-order chi connectivity index (χ1) is 10.9. The molecule has 0 radical (unpaired) electrons. The summed E-state index contributed by atoms with van der Waals surface area (Å²) in [6.45, 7) is 5.45. The smallest absolute Gasteiger partial charge is 0.263 e. The summed E-state index contributed by atoms with van der Waals surface area (Å²) < 4.78 is 0. The summed E-state index contributed by atoms with van der Waals surface area (Å²) in [5.41, 5.74) is 1.49. The quantitative estimate of drug-likeness (QED) is 0.869. The van der Waals surface area contributed by atoms with Crippen LogP contribution < -0.4 is 10.6 Å². The fourth-order valence-corrected chi connectivity index (χ4v) is 3.14. The summed E-state index contributed by atoms with van der Waals surface area (Å²) in [5, 5.41) is 6.68. The van der Waals surface area contributed by atoms with Gasteiger partial charge in [-0.1, -0.05) is 23.7 Å². The van der Waals surface area contributed by atoms with Crippen molar-refractivity contribution in [1.82, 2.24) is 15.6 Å². The van der Waals surface area contributed by atoms with Crippen molar-refractivity contribution >= 4 is 34.8 Å². The number of nitrogens with zero attached hydrogens (tertiary/aromatic N) is 1. The number of halogens is 1. The number of rotatable bonds is 5. The van der Waals surface area contributed by atoms with Crippen LogP contribution in [0, 0.1) is 6.92 Å². The number of aromatic nitrogens is 1. The van der Waals surface area contributed by atoms with E-state index in [0.717, 1.165) is 10.6 Å². The molecule has 0 bridgehead atoms. The summed E-state index contributed by atoms with van der Waals surface area (Å²) >= 11 is 7.26. The molecule has 0 fully saturated rings. The molecule has 7 heteroatoms. The first-order valence-corrected chi connectivity index (χ1v) is 8.37. The molecule has 23 heavy (non-hydrogen) atoms. The molecule has 0 unspecified atom stereocenters. The second-order valence-corrected chi connectivity index (χ2v) is 6.78. The van der Waals surface area contributed by atoms with E-state index in [9.17, 15) is 9.59 Å². The van der Waals surface area contributed by atoms with Crippen LogP contribution in [-0.4, -0.2) is 29.4 Å². The molecule has 0 spiro atoms. The molecule has 0 aliphatic rings. The van der Waals surface area contributed by atoms with E-state index in [1.54, 1.807) is 19.1 Å². The van der Waals surface area contributed by atoms with Gasteiger partial charge in [-0.05, 0) is 32.9 Å². The third-order valence-corrected chi connectivity index (χ3v) is 4.37. The molecule has 2 N–H and O–H groups in total. The van der Waals surface area contributed by atoms with Gasteiger partial charge in [-0.15, -0.1) is 11.3 Å². The number of carbonyl (C=O) groups is 2. The number of thiazole rings is 1. The molecule has 1 heterocycles. The van der Waals surface area contributed by atoms with Crippen LogP contribution in [0.25, 0.3) is 10.6 Å². The Hall–Kier alpha value is -1.92. The standard InChI is InChI=1S/C16H18ClN3O2S/c1-9(2)19-13(21)8-18-15(22)14-10(3)20-16(23-14)11-5-4-6-12(17)7-11/h4-7,9H,8H2,1-3H3,(H,18,22)(H,19,21). The van der Waals surface area contributed by atoms with E-state index in [0.29, 0.717) is 15.6 Å². The molecule has 1 aromatic carbocycles. The summed E-state index contributed by atoms with van der Waals surface area (Å²) in [5.74, 6) is -0.516. The van der Waals surface area contributed by atoms with Crippen LogP contribution in [0.1, 0.15) is 29.2 Å². The molecule has 0 saturated heterocycles. The van der Waals surface area contributed by atoms with E-state index >= 15 is 0 Å². The van der Waals surface area contributed by atoms with Crippen molar-refractivity contribution in [2.24, 2.45) is 0 Å². The predicted molar refractivity (Wildman–Crippen MR) is 92.9 cm³/mol. The zero-order valence-electron chi connectivity index (χ0n) is 13.1. The van der Waals surface area contributed by atoms with Crippen LogP contribution >= 0.6 is 22.9 Å². The Labute approximate surface area is 144 Å². The number of hydrogen-bond donors (Lipinski definition) is 2. The van der Waals surface area contributed by atoms with E-state index < -0.39 is 0 Å². The summed E-state index contributed by atoms with van der Waals surface area (Å²) in [6.07, 6.45) is 0. The maximum Gasteiger partial charge on any atom is 0.263 e. The highest BCUT2D eigenvalue weighted by atomic mass is 35.5. The Morgan fingerprint density at radius 2 is 2.09 bits per heavy atom. The van der Waals surface area contributed by atoms with Crippen LogP contribution in [0.15, 0.2) is 24.3 Å². The second-order valence-electron chi connectivity index (χ2n) is 5.35. The predicted octanol–water partition coefficient (Wildman–Crippen LogP) is 3.03. The lowest BCUT2D eigenvalue weighted by Crippen LogP contribution is -2.39. The van der Waals surface area contributed by atoms with Crippen molar-refractivity contribution in [2.45, 2.75) is 26.8 Å². The average molecular weight is 352 g/mol. The van der Waals surface area contributed by atoms with Gasteiger partial charge < -0.3 is 10.6 Å². The van der Waals surface area contributed by atoms with Crippen LogP contribution in [-0.2, 0) is 4.79 Å². The van der Waals surface area contributed by atoms with Gasteiger partial charge in [-0.2, -0.15) is 0 Å². The Morgan fingerprint density at radius 1 is 1.35 bits per heavy atom. The molecule has 2 aromatic rings. The van der Waals surface area contributed by atoms with Gasteiger partial charge in [0, 0.05) is 16.6 Å². The van der Waals surface area contributed by atoms with Gasteiger partial charge in [0.2, 0.25) is 5.91 Å². The maximum atomic E-state index is 12.2. The normalized spacial score (nSPS) is 10.7. The lowest BCUT2D eigenvalue weighted by molar-refractivity contribution is -0.120. The SMILES string of the molecule is Cc1nc(-c2cccc(Cl)c2)sc1C(=O)NCC(=O)NC(C)C. The Morgan fingerprint density at radius 3 is 2.74 bits per heavy atom. The van der Waals surface area contributed by atoms with E-state index in [1.165, 1.54) is 11.3 Å². The van der Waals surface area contributed by atoms with E-state index in [-0.39, 0.29) is 24.4 Å². The van der Waals surface area contributed by atoms with Crippen molar-refractivity contribution < 1.29 is 9.59 Å². The maximum absolute atomic E-state index is 12.2. The topological polar surface area (TPSA) is 71.1 Å². The lowest BCUT2D eigenvalue weighted by atomic mass is 10.2. The number of nitrogens with one attached hydrogen (secondary N) is 2. The molecule has 0 atom stereocenters. The number of hydrogen-bond acceptors (Lipinski definition) is 4. The Kier molecular flexibility index (Phi) is 5.74. The van der Waals surface area contributed by atoms with E-state index in [1.807, 2.05) is 26.0 Å². The Balaban J connectivity index is 2.09. The molecular weight excluding hydrogens is 334 g/mol. The van der Waals surface area contributed by atoms with Crippen molar-refractivity contribution in [3.63, 3.8) is 0 Å². The van der Waals surface area contributed by atoms with Crippen LogP contribution in [0.3, 0.4) is 0 Å². The van der Waals surface area contributed by atoms with Crippen LogP contribution in [0.2, 0.25) is 5.02 Å². The first-order valence-electron chi connectivity index (χ1n) is 7.17. The number of aryl methyl sites for hydroxylation is 1.